The highest BCUT2D eigenvalue weighted by atomic mass is 127. The molecule has 188 valence electrons. The van der Waals surface area contributed by atoms with Gasteiger partial charge in [-0.15, -0.1) is 24.0 Å². The van der Waals surface area contributed by atoms with Crippen molar-refractivity contribution in [2.24, 2.45) is 4.99 Å². The van der Waals surface area contributed by atoms with E-state index < -0.39 is 0 Å². The van der Waals surface area contributed by atoms with Crippen molar-refractivity contribution in [1.82, 2.24) is 20.4 Å². The van der Waals surface area contributed by atoms with Crippen LogP contribution < -0.4 is 15.4 Å². The van der Waals surface area contributed by atoms with Crippen LogP contribution in [0.4, 0.5) is 4.79 Å². The number of benzene rings is 1. The molecule has 0 atom stereocenters. The molecule has 9 heteroatoms. The molecule has 33 heavy (non-hydrogen) atoms. The fourth-order valence-corrected chi connectivity index (χ4v) is 3.70. The molecule has 1 saturated heterocycles. The van der Waals surface area contributed by atoms with Crippen LogP contribution in [0.25, 0.3) is 0 Å². The second kappa shape index (κ2) is 16.8. The van der Waals surface area contributed by atoms with Gasteiger partial charge in [0.25, 0.3) is 0 Å². The van der Waals surface area contributed by atoms with Gasteiger partial charge in [0.05, 0.1) is 13.2 Å². The molecule has 1 aliphatic rings. The van der Waals surface area contributed by atoms with Crippen molar-refractivity contribution >= 4 is 36.0 Å². The number of carbonyl (C=O) groups excluding carboxylic acids is 1. The number of piperidine rings is 1. The van der Waals surface area contributed by atoms with Crippen LogP contribution in [0.5, 0.6) is 5.75 Å². The number of amides is 1. The molecule has 0 bridgehead atoms. The summed E-state index contributed by atoms with van der Waals surface area (Å²) in [4.78, 5) is 20.8. The van der Waals surface area contributed by atoms with Crippen molar-refractivity contribution in [1.29, 1.82) is 0 Å². The monoisotopic (exact) mass is 575 g/mol. The standard InChI is InChI=1S/C24H41N5O3.HI/c1-5-25-23(27-21-13-15-29(16-14-21)24(30)31-8-4)26-19-20-11-9-10-12-22(20)32-18-17-28(6-2)7-3;/h9-12,21H,5-8,13-19H2,1-4H3,(H2,25,26,27);1H. The fraction of sp³-hybridized carbons (Fsp3) is 0.667. The highest BCUT2D eigenvalue weighted by molar-refractivity contribution is 14.0. The van der Waals surface area contributed by atoms with Crippen LogP contribution >= 0.6 is 24.0 Å². The molecule has 2 rings (SSSR count). The number of aliphatic imine (C=N–C) groups is 1. The lowest BCUT2D eigenvalue weighted by molar-refractivity contribution is 0.0963. The third-order valence-corrected chi connectivity index (χ3v) is 5.65. The van der Waals surface area contributed by atoms with Gasteiger partial charge in [-0.3, -0.25) is 0 Å². The minimum atomic E-state index is -0.218. The van der Waals surface area contributed by atoms with Crippen molar-refractivity contribution < 1.29 is 14.3 Å². The summed E-state index contributed by atoms with van der Waals surface area (Å²) in [6.45, 7) is 15.0. The van der Waals surface area contributed by atoms with Crippen molar-refractivity contribution in [3.8, 4) is 5.75 Å². The molecular weight excluding hydrogens is 533 g/mol. The molecule has 8 nitrogen and oxygen atoms in total. The number of likely N-dealkylation sites (tertiary alicyclic amines) is 1. The number of guanidine groups is 1. The summed E-state index contributed by atoms with van der Waals surface area (Å²) in [5.41, 5.74) is 1.07. The van der Waals surface area contributed by atoms with Gasteiger partial charge < -0.3 is 29.9 Å². The Bertz CT molecular complexity index is 707. The van der Waals surface area contributed by atoms with E-state index in [4.69, 9.17) is 14.5 Å². The maximum atomic E-state index is 11.9. The van der Waals surface area contributed by atoms with Gasteiger partial charge >= 0.3 is 6.09 Å². The Kier molecular flexibility index (Phi) is 14.9. The van der Waals surface area contributed by atoms with E-state index in [9.17, 15) is 4.79 Å². The molecule has 0 aromatic heterocycles. The number of carbonyl (C=O) groups is 1. The molecule has 1 heterocycles. The molecule has 0 saturated carbocycles. The zero-order chi connectivity index (χ0) is 23.2. The number of hydrogen-bond donors (Lipinski definition) is 2. The number of ether oxygens (including phenoxy) is 2. The molecule has 1 aromatic carbocycles. The lowest BCUT2D eigenvalue weighted by atomic mass is 10.1. The Labute approximate surface area is 216 Å². The maximum absolute atomic E-state index is 11.9. The lowest BCUT2D eigenvalue weighted by Gasteiger charge is -2.32. The molecule has 0 spiro atoms. The number of halogens is 1. The zero-order valence-electron chi connectivity index (χ0n) is 20.6. The van der Waals surface area contributed by atoms with E-state index in [1.54, 1.807) is 4.90 Å². The van der Waals surface area contributed by atoms with Crippen LogP contribution in [0.15, 0.2) is 29.3 Å². The number of rotatable bonds is 11. The first-order valence-corrected chi connectivity index (χ1v) is 12.0. The highest BCUT2D eigenvalue weighted by Gasteiger charge is 2.24. The van der Waals surface area contributed by atoms with Crippen molar-refractivity contribution in [3.05, 3.63) is 29.8 Å². The van der Waals surface area contributed by atoms with Crippen molar-refractivity contribution in [3.63, 3.8) is 0 Å². The summed E-state index contributed by atoms with van der Waals surface area (Å²) in [5, 5.41) is 6.86. The van der Waals surface area contributed by atoms with Crippen molar-refractivity contribution in [2.75, 3.05) is 52.5 Å². The third-order valence-electron chi connectivity index (χ3n) is 5.65. The zero-order valence-corrected chi connectivity index (χ0v) is 23.0. The van der Waals surface area contributed by atoms with E-state index >= 15 is 0 Å². The topological polar surface area (TPSA) is 78.4 Å². The molecule has 1 fully saturated rings. The number of hydrogen-bond acceptors (Lipinski definition) is 5. The third kappa shape index (κ3) is 10.4. The minimum Gasteiger partial charge on any atom is -0.492 e. The van der Waals surface area contributed by atoms with Crippen LogP contribution in [-0.4, -0.2) is 80.4 Å². The van der Waals surface area contributed by atoms with Crippen LogP contribution in [0.3, 0.4) is 0 Å². The Morgan fingerprint density at radius 3 is 2.48 bits per heavy atom. The maximum Gasteiger partial charge on any atom is 0.409 e. The quantitative estimate of drug-likeness (QED) is 0.238. The first-order chi connectivity index (χ1) is 15.6. The Morgan fingerprint density at radius 2 is 1.85 bits per heavy atom. The van der Waals surface area contributed by atoms with E-state index in [0.717, 1.165) is 56.3 Å². The molecule has 1 aromatic rings. The Hall–Kier alpha value is -1.75. The summed E-state index contributed by atoms with van der Waals surface area (Å²) < 4.78 is 11.2. The van der Waals surface area contributed by atoms with Crippen LogP contribution in [0.1, 0.15) is 46.1 Å². The lowest BCUT2D eigenvalue weighted by Crippen LogP contribution is -2.49. The van der Waals surface area contributed by atoms with Crippen LogP contribution in [0.2, 0.25) is 0 Å². The second-order valence-corrected chi connectivity index (χ2v) is 7.78. The van der Waals surface area contributed by atoms with Gasteiger partial charge in [0.2, 0.25) is 0 Å². The molecule has 0 aliphatic carbocycles. The van der Waals surface area contributed by atoms with E-state index in [1.807, 2.05) is 25.1 Å². The average molecular weight is 576 g/mol. The van der Waals surface area contributed by atoms with Crippen LogP contribution in [-0.2, 0) is 11.3 Å². The highest BCUT2D eigenvalue weighted by Crippen LogP contribution is 2.19. The summed E-state index contributed by atoms with van der Waals surface area (Å²) in [6, 6.07) is 8.38. The summed E-state index contributed by atoms with van der Waals surface area (Å²) in [7, 11) is 0. The number of para-hydroxylation sites is 1. The molecule has 0 unspecified atom stereocenters. The first kappa shape index (κ1) is 29.3. The molecule has 2 N–H and O–H groups in total. The van der Waals surface area contributed by atoms with Gasteiger partial charge in [-0.2, -0.15) is 0 Å². The van der Waals surface area contributed by atoms with E-state index in [0.29, 0.717) is 32.8 Å². The molecule has 0 radical (unpaired) electrons. The minimum absolute atomic E-state index is 0. The Morgan fingerprint density at radius 1 is 1.15 bits per heavy atom. The largest absolute Gasteiger partial charge is 0.492 e. The van der Waals surface area contributed by atoms with E-state index in [2.05, 4.69) is 42.4 Å². The van der Waals surface area contributed by atoms with Crippen molar-refractivity contribution in [2.45, 2.75) is 53.1 Å². The first-order valence-electron chi connectivity index (χ1n) is 12.0. The molecule has 1 amide bonds. The number of nitrogens with one attached hydrogen (secondary N) is 2. The van der Waals surface area contributed by atoms with Gasteiger partial charge in [-0.25, -0.2) is 9.79 Å². The molecular formula is C24H42IN5O3. The smallest absolute Gasteiger partial charge is 0.409 e. The van der Waals surface area contributed by atoms with E-state index in [-0.39, 0.29) is 36.1 Å². The van der Waals surface area contributed by atoms with E-state index in [1.165, 1.54) is 0 Å². The SMILES string of the molecule is CCNC(=NCc1ccccc1OCCN(CC)CC)NC1CCN(C(=O)OCC)CC1.I. The second-order valence-electron chi connectivity index (χ2n) is 7.78. The molecule has 1 aliphatic heterocycles. The van der Waals surface area contributed by atoms with Gasteiger partial charge in [0.15, 0.2) is 5.96 Å². The normalized spacial score (nSPS) is 14.6. The van der Waals surface area contributed by atoms with Crippen LogP contribution in [0, 0.1) is 0 Å². The van der Waals surface area contributed by atoms with Gasteiger partial charge in [0, 0.05) is 37.8 Å². The number of likely N-dealkylation sites (N-methyl/N-ethyl adjacent to an activating group) is 1. The summed E-state index contributed by atoms with van der Waals surface area (Å²) in [6.07, 6.45) is 1.52. The number of nitrogens with zero attached hydrogens (tertiary/aromatic N) is 3. The Balaban J connectivity index is 0.00000544. The van der Waals surface area contributed by atoms with Gasteiger partial charge in [-0.1, -0.05) is 32.0 Å². The summed E-state index contributed by atoms with van der Waals surface area (Å²) in [5.74, 6) is 1.68. The van der Waals surface area contributed by atoms with Gasteiger partial charge in [-0.05, 0) is 45.8 Å². The average Bonchev–Trinajstić information content (AvgIpc) is 2.81. The summed E-state index contributed by atoms with van der Waals surface area (Å²) >= 11 is 0. The predicted molar refractivity (Wildman–Crippen MR) is 145 cm³/mol. The predicted octanol–water partition coefficient (Wildman–Crippen LogP) is 3.70. The van der Waals surface area contributed by atoms with Gasteiger partial charge in [0.1, 0.15) is 12.4 Å². The fourth-order valence-electron chi connectivity index (χ4n) is 3.70.